The number of anilines is 1. The molecule has 0 atom stereocenters. The number of benzene rings is 1. The number of aryl methyl sites for hydroxylation is 1. The highest BCUT2D eigenvalue weighted by atomic mass is 16.5. The van der Waals surface area contributed by atoms with Crippen LogP contribution in [0, 0.1) is 13.8 Å². The zero-order valence-electron chi connectivity index (χ0n) is 10.9. The van der Waals surface area contributed by atoms with Crippen molar-refractivity contribution in [1.82, 2.24) is 5.16 Å². The van der Waals surface area contributed by atoms with Crippen LogP contribution < -0.4 is 15.2 Å². The molecule has 2 rings (SSSR count). The number of rotatable bonds is 3. The van der Waals surface area contributed by atoms with Crippen LogP contribution in [0.25, 0.3) is 11.3 Å². The molecule has 0 bridgehead atoms. The lowest BCUT2D eigenvalue weighted by Gasteiger charge is -2.15. The molecule has 0 amide bonds. The van der Waals surface area contributed by atoms with E-state index in [0.29, 0.717) is 23.1 Å². The van der Waals surface area contributed by atoms with Crippen molar-refractivity contribution in [2.75, 3.05) is 20.0 Å². The molecule has 0 saturated carbocycles. The highest BCUT2D eigenvalue weighted by molar-refractivity contribution is 5.76. The Labute approximate surface area is 105 Å². The summed E-state index contributed by atoms with van der Waals surface area (Å²) < 4.78 is 16.0. The molecule has 18 heavy (non-hydrogen) atoms. The molecule has 1 heterocycles. The molecule has 0 fully saturated rings. The minimum absolute atomic E-state index is 0.340. The summed E-state index contributed by atoms with van der Waals surface area (Å²) in [6, 6.07) is 3.60. The lowest BCUT2D eigenvalue weighted by molar-refractivity contribution is 0.353. The minimum Gasteiger partial charge on any atom is -0.493 e. The molecule has 0 spiro atoms. The maximum absolute atomic E-state index is 5.59. The van der Waals surface area contributed by atoms with Gasteiger partial charge in [0.25, 0.3) is 0 Å². The number of aromatic nitrogens is 1. The van der Waals surface area contributed by atoms with Crippen LogP contribution in [0.15, 0.2) is 16.7 Å². The van der Waals surface area contributed by atoms with Gasteiger partial charge in [-0.25, -0.2) is 0 Å². The van der Waals surface area contributed by atoms with Gasteiger partial charge in [0.1, 0.15) is 0 Å². The molecular weight excluding hydrogens is 232 g/mol. The van der Waals surface area contributed by atoms with E-state index in [-0.39, 0.29) is 0 Å². The number of hydrogen-bond acceptors (Lipinski definition) is 5. The van der Waals surface area contributed by atoms with E-state index in [0.717, 1.165) is 16.7 Å². The Kier molecular flexibility index (Phi) is 3.14. The van der Waals surface area contributed by atoms with E-state index in [1.54, 1.807) is 20.3 Å². The Morgan fingerprint density at radius 3 is 2.39 bits per heavy atom. The van der Waals surface area contributed by atoms with Crippen molar-refractivity contribution in [1.29, 1.82) is 0 Å². The van der Waals surface area contributed by atoms with Gasteiger partial charge < -0.3 is 19.7 Å². The first-order valence-corrected chi connectivity index (χ1v) is 5.53. The standard InChI is InChI=1S/C13H16N2O3/c1-7-5-10(16-3)13(17-4)12(8(7)2)9-6-11(14)15-18-9/h5-6H,1-4H3,(H2,14,15). The molecule has 5 nitrogen and oxygen atoms in total. The zero-order valence-corrected chi connectivity index (χ0v) is 10.9. The van der Waals surface area contributed by atoms with Gasteiger partial charge in [-0.05, 0) is 31.0 Å². The van der Waals surface area contributed by atoms with Crippen LogP contribution in [0.1, 0.15) is 11.1 Å². The van der Waals surface area contributed by atoms with Gasteiger partial charge in [0, 0.05) is 6.07 Å². The molecule has 1 aromatic heterocycles. The maximum Gasteiger partial charge on any atom is 0.173 e. The Hall–Kier alpha value is -2.17. The third-order valence-corrected chi connectivity index (χ3v) is 2.96. The molecule has 0 aliphatic carbocycles. The van der Waals surface area contributed by atoms with Crippen LogP contribution in [0.5, 0.6) is 11.5 Å². The Morgan fingerprint density at radius 1 is 1.17 bits per heavy atom. The smallest absolute Gasteiger partial charge is 0.173 e. The summed E-state index contributed by atoms with van der Waals surface area (Å²) in [7, 11) is 3.20. The molecule has 96 valence electrons. The highest BCUT2D eigenvalue weighted by Gasteiger charge is 2.20. The number of ether oxygens (including phenoxy) is 2. The summed E-state index contributed by atoms with van der Waals surface area (Å²) in [4.78, 5) is 0. The lowest BCUT2D eigenvalue weighted by Crippen LogP contribution is -1.97. The first-order chi connectivity index (χ1) is 8.58. The summed E-state index contributed by atoms with van der Waals surface area (Å²) >= 11 is 0. The van der Waals surface area contributed by atoms with Crippen molar-refractivity contribution < 1.29 is 14.0 Å². The summed E-state index contributed by atoms with van der Waals surface area (Å²) in [6.45, 7) is 3.99. The molecule has 0 radical (unpaired) electrons. The highest BCUT2D eigenvalue weighted by Crippen LogP contribution is 2.42. The molecular formula is C13H16N2O3. The van der Waals surface area contributed by atoms with Crippen LogP contribution >= 0.6 is 0 Å². The fourth-order valence-electron chi connectivity index (χ4n) is 1.92. The van der Waals surface area contributed by atoms with E-state index >= 15 is 0 Å². The molecule has 0 saturated heterocycles. The maximum atomic E-state index is 5.59. The average molecular weight is 248 g/mol. The van der Waals surface area contributed by atoms with Crippen LogP contribution in [-0.2, 0) is 0 Å². The van der Waals surface area contributed by atoms with Gasteiger partial charge in [0.2, 0.25) is 0 Å². The Morgan fingerprint density at radius 2 is 1.89 bits per heavy atom. The first-order valence-electron chi connectivity index (χ1n) is 5.53. The lowest BCUT2D eigenvalue weighted by atomic mass is 9.99. The van der Waals surface area contributed by atoms with Crippen molar-refractivity contribution in [2.24, 2.45) is 0 Å². The van der Waals surface area contributed by atoms with Crippen LogP contribution in [0.4, 0.5) is 5.82 Å². The Bertz CT molecular complexity index is 576. The summed E-state index contributed by atoms with van der Waals surface area (Å²) in [6.07, 6.45) is 0. The van der Waals surface area contributed by atoms with Crippen molar-refractivity contribution in [3.8, 4) is 22.8 Å². The molecule has 0 aliphatic rings. The van der Waals surface area contributed by atoms with Crippen molar-refractivity contribution in [3.63, 3.8) is 0 Å². The van der Waals surface area contributed by atoms with Gasteiger partial charge in [-0.2, -0.15) is 0 Å². The zero-order chi connectivity index (χ0) is 13.3. The van der Waals surface area contributed by atoms with E-state index in [1.807, 2.05) is 19.9 Å². The van der Waals surface area contributed by atoms with E-state index < -0.39 is 0 Å². The molecule has 0 unspecified atom stereocenters. The SMILES string of the molecule is COc1cc(C)c(C)c(-c2cc(N)no2)c1OC. The van der Waals surface area contributed by atoms with E-state index in [4.69, 9.17) is 19.7 Å². The quantitative estimate of drug-likeness (QED) is 0.903. The molecule has 5 heteroatoms. The first kappa shape index (κ1) is 12.3. The summed E-state index contributed by atoms with van der Waals surface area (Å²) in [5.41, 5.74) is 8.53. The van der Waals surface area contributed by atoms with E-state index in [2.05, 4.69) is 5.16 Å². The number of nitrogens with zero attached hydrogens (tertiary/aromatic N) is 1. The predicted molar refractivity (Wildman–Crippen MR) is 68.9 cm³/mol. The second-order valence-electron chi connectivity index (χ2n) is 4.05. The van der Waals surface area contributed by atoms with E-state index in [1.165, 1.54) is 0 Å². The van der Waals surface area contributed by atoms with Gasteiger partial charge >= 0.3 is 0 Å². The summed E-state index contributed by atoms with van der Waals surface area (Å²) in [5.74, 6) is 2.19. The van der Waals surface area contributed by atoms with Gasteiger partial charge in [-0.3, -0.25) is 0 Å². The number of methoxy groups -OCH3 is 2. The van der Waals surface area contributed by atoms with Crippen molar-refractivity contribution in [3.05, 3.63) is 23.3 Å². The minimum atomic E-state index is 0.340. The fraction of sp³-hybridized carbons (Fsp3) is 0.308. The number of nitrogens with two attached hydrogens (primary N) is 1. The normalized spacial score (nSPS) is 10.4. The van der Waals surface area contributed by atoms with Crippen LogP contribution in [0.2, 0.25) is 0 Å². The fourth-order valence-corrected chi connectivity index (χ4v) is 1.92. The molecule has 1 aromatic carbocycles. The predicted octanol–water partition coefficient (Wildman–Crippen LogP) is 2.56. The topological polar surface area (TPSA) is 70.5 Å². The third-order valence-electron chi connectivity index (χ3n) is 2.96. The molecule has 2 aromatic rings. The van der Waals surface area contributed by atoms with Gasteiger partial charge in [0.05, 0.1) is 19.8 Å². The summed E-state index contributed by atoms with van der Waals surface area (Å²) in [5, 5.41) is 3.70. The number of nitrogen functional groups attached to an aromatic ring is 1. The van der Waals surface area contributed by atoms with Gasteiger partial charge in [-0.15, -0.1) is 0 Å². The Balaban J connectivity index is 2.74. The molecule has 2 N–H and O–H groups in total. The monoisotopic (exact) mass is 248 g/mol. The average Bonchev–Trinajstić information content (AvgIpc) is 2.78. The third kappa shape index (κ3) is 1.88. The van der Waals surface area contributed by atoms with E-state index in [9.17, 15) is 0 Å². The largest absolute Gasteiger partial charge is 0.493 e. The van der Waals surface area contributed by atoms with Crippen molar-refractivity contribution in [2.45, 2.75) is 13.8 Å². The van der Waals surface area contributed by atoms with Crippen LogP contribution in [0.3, 0.4) is 0 Å². The van der Waals surface area contributed by atoms with Gasteiger partial charge in [0.15, 0.2) is 23.1 Å². The van der Waals surface area contributed by atoms with Gasteiger partial charge in [-0.1, -0.05) is 5.16 Å². The van der Waals surface area contributed by atoms with Crippen LogP contribution in [-0.4, -0.2) is 19.4 Å². The molecule has 0 aliphatic heterocycles. The van der Waals surface area contributed by atoms with Crippen molar-refractivity contribution >= 4 is 5.82 Å². The number of hydrogen-bond donors (Lipinski definition) is 1. The second kappa shape index (κ2) is 4.60. The second-order valence-corrected chi connectivity index (χ2v) is 4.05.